The summed E-state index contributed by atoms with van der Waals surface area (Å²) in [5.74, 6) is 1.44. The molecule has 0 amide bonds. The predicted molar refractivity (Wildman–Crippen MR) is 85.6 cm³/mol. The number of fused-ring (bicyclic) bond motifs is 1. The standard InChI is InChI=1S/C15H19N3S/c1-10(2)7-8-17-15-12(14(16)19)9-11-5-3-4-6-13(11)18-15/h3-6,9-10H,7-8H2,1-2H3,(H2,16,19)(H,17,18). The molecule has 3 N–H and O–H groups in total. The van der Waals surface area contributed by atoms with Crippen LogP contribution >= 0.6 is 12.2 Å². The highest BCUT2D eigenvalue weighted by Crippen LogP contribution is 2.20. The van der Waals surface area contributed by atoms with Gasteiger partial charge in [-0.25, -0.2) is 4.98 Å². The van der Waals surface area contributed by atoms with E-state index >= 15 is 0 Å². The van der Waals surface area contributed by atoms with Crippen molar-refractivity contribution in [2.75, 3.05) is 11.9 Å². The average molecular weight is 273 g/mol. The van der Waals surface area contributed by atoms with Crippen LogP contribution in [0, 0.1) is 5.92 Å². The molecule has 1 heterocycles. The second-order valence-corrected chi connectivity index (χ2v) is 5.49. The highest BCUT2D eigenvalue weighted by atomic mass is 32.1. The molecule has 4 heteroatoms. The lowest BCUT2D eigenvalue weighted by Gasteiger charge is -2.12. The molecule has 0 saturated carbocycles. The summed E-state index contributed by atoms with van der Waals surface area (Å²) in [6.45, 7) is 5.27. The summed E-state index contributed by atoms with van der Waals surface area (Å²) in [6.07, 6.45) is 1.09. The Morgan fingerprint density at radius 3 is 2.79 bits per heavy atom. The van der Waals surface area contributed by atoms with E-state index in [2.05, 4.69) is 24.1 Å². The van der Waals surface area contributed by atoms with E-state index in [1.54, 1.807) is 0 Å². The van der Waals surface area contributed by atoms with E-state index in [0.29, 0.717) is 10.9 Å². The van der Waals surface area contributed by atoms with E-state index in [9.17, 15) is 0 Å². The number of nitrogens with zero attached hydrogens (tertiary/aromatic N) is 1. The van der Waals surface area contributed by atoms with Crippen LogP contribution in [-0.2, 0) is 0 Å². The van der Waals surface area contributed by atoms with Crippen molar-refractivity contribution in [3.8, 4) is 0 Å². The number of thiocarbonyl (C=S) groups is 1. The first-order chi connectivity index (χ1) is 9.08. The third-order valence-electron chi connectivity index (χ3n) is 3.00. The summed E-state index contributed by atoms with van der Waals surface area (Å²) in [4.78, 5) is 4.99. The Hall–Kier alpha value is -1.68. The van der Waals surface area contributed by atoms with Gasteiger partial charge in [0.2, 0.25) is 0 Å². The Labute approximate surface area is 119 Å². The van der Waals surface area contributed by atoms with Gasteiger partial charge < -0.3 is 11.1 Å². The number of pyridine rings is 1. The molecule has 2 rings (SSSR count). The molecule has 0 atom stereocenters. The van der Waals surface area contributed by atoms with Crippen LogP contribution in [0.15, 0.2) is 30.3 Å². The number of hydrogen-bond acceptors (Lipinski definition) is 3. The molecule has 3 nitrogen and oxygen atoms in total. The second-order valence-electron chi connectivity index (χ2n) is 5.05. The van der Waals surface area contributed by atoms with Crippen LogP contribution in [0.2, 0.25) is 0 Å². The topological polar surface area (TPSA) is 50.9 Å². The first-order valence-corrected chi connectivity index (χ1v) is 6.92. The SMILES string of the molecule is CC(C)CCNc1nc2ccccc2cc1C(N)=S. The van der Waals surface area contributed by atoms with Gasteiger partial charge in [0.25, 0.3) is 0 Å². The maximum absolute atomic E-state index is 5.79. The van der Waals surface area contributed by atoms with E-state index in [4.69, 9.17) is 18.0 Å². The molecule has 1 aromatic heterocycles. The summed E-state index contributed by atoms with van der Waals surface area (Å²) in [5, 5.41) is 4.39. The third kappa shape index (κ3) is 3.41. The van der Waals surface area contributed by atoms with Crippen LogP contribution in [0.3, 0.4) is 0 Å². The molecule has 2 aromatic rings. The molecule has 0 radical (unpaired) electrons. The number of benzene rings is 1. The zero-order valence-electron chi connectivity index (χ0n) is 11.3. The van der Waals surface area contributed by atoms with Gasteiger partial charge in [-0.1, -0.05) is 44.3 Å². The van der Waals surface area contributed by atoms with Gasteiger partial charge in [0.05, 0.1) is 11.1 Å². The van der Waals surface area contributed by atoms with Crippen molar-refractivity contribution in [3.05, 3.63) is 35.9 Å². The Morgan fingerprint density at radius 2 is 2.11 bits per heavy atom. The van der Waals surface area contributed by atoms with Gasteiger partial charge >= 0.3 is 0 Å². The van der Waals surface area contributed by atoms with E-state index < -0.39 is 0 Å². The van der Waals surface area contributed by atoms with Crippen molar-refractivity contribution < 1.29 is 0 Å². The van der Waals surface area contributed by atoms with E-state index in [0.717, 1.165) is 35.2 Å². The lowest BCUT2D eigenvalue weighted by molar-refractivity contribution is 0.606. The van der Waals surface area contributed by atoms with Crippen LogP contribution in [0.5, 0.6) is 0 Å². The number of nitrogens with two attached hydrogens (primary N) is 1. The molecule has 0 saturated heterocycles. The minimum atomic E-state index is 0.380. The molecule has 0 aliphatic heterocycles. The molecule has 19 heavy (non-hydrogen) atoms. The van der Waals surface area contributed by atoms with Gasteiger partial charge in [0, 0.05) is 11.9 Å². The summed E-state index contributed by atoms with van der Waals surface area (Å²) in [6, 6.07) is 9.98. The summed E-state index contributed by atoms with van der Waals surface area (Å²) in [7, 11) is 0. The van der Waals surface area contributed by atoms with Gasteiger partial charge in [0.15, 0.2) is 0 Å². The van der Waals surface area contributed by atoms with Crippen LogP contribution in [-0.4, -0.2) is 16.5 Å². The van der Waals surface area contributed by atoms with Crippen LogP contribution in [0.25, 0.3) is 10.9 Å². The molecule has 1 aromatic carbocycles. The van der Waals surface area contributed by atoms with Crippen molar-refractivity contribution in [3.63, 3.8) is 0 Å². The van der Waals surface area contributed by atoms with Crippen LogP contribution in [0.1, 0.15) is 25.8 Å². The monoisotopic (exact) mass is 273 g/mol. The van der Waals surface area contributed by atoms with Crippen molar-refractivity contribution in [1.29, 1.82) is 0 Å². The van der Waals surface area contributed by atoms with Crippen molar-refractivity contribution >= 4 is 33.9 Å². The largest absolute Gasteiger partial charge is 0.389 e. The summed E-state index contributed by atoms with van der Waals surface area (Å²) >= 11 is 5.11. The Kier molecular flexibility index (Phi) is 4.32. The number of aromatic nitrogens is 1. The van der Waals surface area contributed by atoms with E-state index in [-0.39, 0.29) is 0 Å². The Bertz CT molecular complexity index is 593. The minimum Gasteiger partial charge on any atom is -0.389 e. The molecule has 100 valence electrons. The van der Waals surface area contributed by atoms with Gasteiger partial charge in [-0.3, -0.25) is 0 Å². The molecule has 0 spiro atoms. The molecular weight excluding hydrogens is 254 g/mol. The maximum atomic E-state index is 5.79. The fourth-order valence-corrected chi connectivity index (χ4v) is 2.07. The van der Waals surface area contributed by atoms with Gasteiger partial charge in [-0.2, -0.15) is 0 Å². The maximum Gasteiger partial charge on any atom is 0.136 e. The fraction of sp³-hybridized carbons (Fsp3) is 0.333. The first-order valence-electron chi connectivity index (χ1n) is 6.51. The molecule has 0 aliphatic rings. The Morgan fingerprint density at radius 1 is 1.37 bits per heavy atom. The highest BCUT2D eigenvalue weighted by molar-refractivity contribution is 7.80. The number of para-hydroxylation sites is 1. The fourth-order valence-electron chi connectivity index (χ4n) is 1.92. The van der Waals surface area contributed by atoms with Crippen molar-refractivity contribution in [2.45, 2.75) is 20.3 Å². The lowest BCUT2D eigenvalue weighted by atomic mass is 10.1. The van der Waals surface area contributed by atoms with Gasteiger partial charge in [-0.05, 0) is 24.5 Å². The third-order valence-corrected chi connectivity index (χ3v) is 3.22. The average Bonchev–Trinajstić information content (AvgIpc) is 2.37. The molecular formula is C15H19N3S. The number of nitrogens with one attached hydrogen (secondary N) is 1. The number of anilines is 1. The van der Waals surface area contributed by atoms with Crippen LogP contribution < -0.4 is 11.1 Å². The highest BCUT2D eigenvalue weighted by Gasteiger charge is 2.09. The molecule has 0 unspecified atom stereocenters. The quantitative estimate of drug-likeness (QED) is 0.820. The zero-order chi connectivity index (χ0) is 13.8. The Balaban J connectivity index is 2.33. The predicted octanol–water partition coefficient (Wildman–Crippen LogP) is 3.33. The minimum absolute atomic E-state index is 0.380. The van der Waals surface area contributed by atoms with Crippen LogP contribution in [0.4, 0.5) is 5.82 Å². The lowest BCUT2D eigenvalue weighted by Crippen LogP contribution is -2.15. The van der Waals surface area contributed by atoms with E-state index in [1.165, 1.54) is 0 Å². The number of rotatable bonds is 5. The van der Waals surface area contributed by atoms with Crippen molar-refractivity contribution in [1.82, 2.24) is 4.98 Å². The molecule has 0 aliphatic carbocycles. The smallest absolute Gasteiger partial charge is 0.136 e. The normalized spacial score (nSPS) is 10.9. The van der Waals surface area contributed by atoms with Crippen molar-refractivity contribution in [2.24, 2.45) is 11.7 Å². The second kappa shape index (κ2) is 5.97. The van der Waals surface area contributed by atoms with Gasteiger partial charge in [-0.15, -0.1) is 0 Å². The molecule has 0 bridgehead atoms. The molecule has 0 fully saturated rings. The zero-order valence-corrected chi connectivity index (χ0v) is 12.1. The van der Waals surface area contributed by atoms with Gasteiger partial charge in [0.1, 0.15) is 10.8 Å². The summed E-state index contributed by atoms with van der Waals surface area (Å²) < 4.78 is 0. The number of hydrogen-bond donors (Lipinski definition) is 2. The first kappa shape index (κ1) is 13.7. The summed E-state index contributed by atoms with van der Waals surface area (Å²) in [5.41, 5.74) is 7.56. The van der Waals surface area contributed by atoms with E-state index in [1.807, 2.05) is 30.3 Å².